The first-order valence-corrected chi connectivity index (χ1v) is 7.24. The number of hydrogen-bond acceptors (Lipinski definition) is 2. The van der Waals surface area contributed by atoms with Gasteiger partial charge >= 0.3 is 0 Å². The average molecular weight is 312 g/mol. The Morgan fingerprint density at radius 2 is 1.91 bits per heavy atom. The topological polar surface area (TPSA) is 53.9 Å². The lowest BCUT2D eigenvalue weighted by Crippen LogP contribution is -3.19. The van der Waals surface area contributed by atoms with Crippen molar-refractivity contribution in [2.24, 2.45) is 0 Å². The van der Waals surface area contributed by atoms with Crippen molar-refractivity contribution in [1.82, 2.24) is 4.90 Å². The van der Waals surface area contributed by atoms with Gasteiger partial charge in [-0.1, -0.05) is 0 Å². The second-order valence-corrected chi connectivity index (χ2v) is 5.50. The number of carbonyl (C=O) groups is 2. The molecule has 0 bridgehead atoms. The highest BCUT2D eigenvalue weighted by Crippen LogP contribution is 2.14. The molecule has 2 rings (SSSR count). The molecule has 5 nitrogen and oxygen atoms in total. The largest absolute Gasteiger partial charge is 0.332 e. The maximum absolute atomic E-state index is 13.6. The Balaban J connectivity index is 1.94. The van der Waals surface area contributed by atoms with Gasteiger partial charge in [0.25, 0.3) is 5.91 Å². The van der Waals surface area contributed by atoms with Crippen molar-refractivity contribution in [2.75, 3.05) is 31.5 Å². The maximum Gasteiger partial charge on any atom is 0.282 e. The summed E-state index contributed by atoms with van der Waals surface area (Å²) in [7, 11) is 0. The minimum Gasteiger partial charge on any atom is -0.332 e. The third-order valence-electron chi connectivity index (χ3n) is 4.05. The van der Waals surface area contributed by atoms with E-state index in [1.54, 1.807) is 11.8 Å². The molecule has 0 saturated carbocycles. The van der Waals surface area contributed by atoms with Crippen LogP contribution < -0.4 is 10.2 Å². The third-order valence-corrected chi connectivity index (χ3v) is 4.05. The van der Waals surface area contributed by atoms with E-state index in [2.05, 4.69) is 5.32 Å². The van der Waals surface area contributed by atoms with Gasteiger partial charge in [-0.05, 0) is 19.1 Å². The monoisotopic (exact) mass is 312 g/mol. The predicted octanol–water partition coefficient (Wildman–Crippen LogP) is 0.0388. The molecule has 1 aliphatic heterocycles. The van der Waals surface area contributed by atoms with Crippen LogP contribution in [0.15, 0.2) is 18.2 Å². The van der Waals surface area contributed by atoms with Gasteiger partial charge in [0.15, 0.2) is 6.04 Å². The molecule has 2 amide bonds. The number of anilines is 1. The Morgan fingerprint density at radius 3 is 2.45 bits per heavy atom. The van der Waals surface area contributed by atoms with Crippen molar-refractivity contribution in [3.05, 3.63) is 29.8 Å². The predicted molar refractivity (Wildman–Crippen MR) is 77.4 cm³/mol. The van der Waals surface area contributed by atoms with Crippen LogP contribution in [0.1, 0.15) is 13.8 Å². The molecule has 0 spiro atoms. The van der Waals surface area contributed by atoms with Crippen molar-refractivity contribution in [1.29, 1.82) is 0 Å². The Labute approximate surface area is 127 Å². The SMILES string of the molecule is CC(=O)N1CC[NH+]([C@@H](C)C(=O)Nc2ccc(F)cc2F)CC1. The first-order chi connectivity index (χ1) is 10.4. The van der Waals surface area contributed by atoms with E-state index in [1.165, 1.54) is 13.0 Å². The number of nitrogens with one attached hydrogen (secondary N) is 2. The Bertz CT molecular complexity index is 572. The summed E-state index contributed by atoms with van der Waals surface area (Å²) >= 11 is 0. The molecule has 1 heterocycles. The van der Waals surface area contributed by atoms with Crippen molar-refractivity contribution in [3.63, 3.8) is 0 Å². The molecule has 0 unspecified atom stereocenters. The average Bonchev–Trinajstić information content (AvgIpc) is 2.49. The summed E-state index contributed by atoms with van der Waals surface area (Å²) in [4.78, 5) is 26.3. The second-order valence-electron chi connectivity index (χ2n) is 5.50. The van der Waals surface area contributed by atoms with E-state index in [4.69, 9.17) is 0 Å². The van der Waals surface area contributed by atoms with Crippen LogP contribution in [0.25, 0.3) is 0 Å². The van der Waals surface area contributed by atoms with E-state index in [0.29, 0.717) is 26.2 Å². The smallest absolute Gasteiger partial charge is 0.282 e. The molecule has 7 heteroatoms. The summed E-state index contributed by atoms with van der Waals surface area (Å²) < 4.78 is 26.4. The van der Waals surface area contributed by atoms with Crippen LogP contribution in [0.3, 0.4) is 0 Å². The lowest BCUT2D eigenvalue weighted by atomic mass is 10.2. The molecule has 120 valence electrons. The highest BCUT2D eigenvalue weighted by molar-refractivity contribution is 5.93. The van der Waals surface area contributed by atoms with E-state index in [0.717, 1.165) is 17.0 Å². The Hall–Kier alpha value is -2.02. The highest BCUT2D eigenvalue weighted by Gasteiger charge is 2.30. The zero-order valence-corrected chi connectivity index (χ0v) is 12.7. The fraction of sp³-hybridized carbons (Fsp3) is 0.467. The lowest BCUT2D eigenvalue weighted by Gasteiger charge is -2.34. The summed E-state index contributed by atoms with van der Waals surface area (Å²) in [6, 6.07) is 2.66. The highest BCUT2D eigenvalue weighted by atomic mass is 19.1. The van der Waals surface area contributed by atoms with Gasteiger partial charge < -0.3 is 15.1 Å². The molecule has 0 aromatic heterocycles. The quantitative estimate of drug-likeness (QED) is 0.828. The van der Waals surface area contributed by atoms with Crippen LogP contribution in [0.2, 0.25) is 0 Å². The van der Waals surface area contributed by atoms with Crippen LogP contribution in [-0.4, -0.2) is 48.9 Å². The van der Waals surface area contributed by atoms with Gasteiger partial charge in [0, 0.05) is 13.0 Å². The minimum absolute atomic E-state index is 0.0278. The number of piperazine rings is 1. The van der Waals surface area contributed by atoms with Crippen LogP contribution in [-0.2, 0) is 9.59 Å². The normalized spacial score (nSPS) is 17.2. The number of benzene rings is 1. The standard InChI is InChI=1S/C15H19F2N3O2/c1-10(19-5-7-20(8-6-19)11(2)21)15(22)18-14-4-3-12(16)9-13(14)17/h3-4,9-10H,5-8H2,1-2H3,(H,18,22)/p+1/t10-/m0/s1. The summed E-state index contributed by atoms with van der Waals surface area (Å²) in [6.07, 6.45) is 0. The number of hydrogen-bond donors (Lipinski definition) is 2. The van der Waals surface area contributed by atoms with Crippen LogP contribution in [0.4, 0.5) is 14.5 Å². The van der Waals surface area contributed by atoms with E-state index < -0.39 is 11.6 Å². The Kier molecular flexibility index (Phi) is 5.07. The van der Waals surface area contributed by atoms with Gasteiger partial charge in [0.05, 0.1) is 31.9 Å². The van der Waals surface area contributed by atoms with Gasteiger partial charge in [-0.15, -0.1) is 0 Å². The third kappa shape index (κ3) is 3.79. The van der Waals surface area contributed by atoms with Crippen LogP contribution in [0, 0.1) is 11.6 Å². The maximum atomic E-state index is 13.6. The van der Waals surface area contributed by atoms with Crippen LogP contribution in [0.5, 0.6) is 0 Å². The number of amides is 2. The van der Waals surface area contributed by atoms with Crippen molar-refractivity contribution in [3.8, 4) is 0 Å². The molecule has 1 saturated heterocycles. The molecule has 1 fully saturated rings. The molecule has 0 aliphatic carbocycles. The second kappa shape index (κ2) is 6.83. The van der Waals surface area contributed by atoms with Gasteiger partial charge in [-0.3, -0.25) is 9.59 Å². The zero-order valence-electron chi connectivity index (χ0n) is 12.7. The van der Waals surface area contributed by atoms with E-state index in [-0.39, 0.29) is 23.5 Å². The molecular weight excluding hydrogens is 292 g/mol. The van der Waals surface area contributed by atoms with Gasteiger partial charge in [-0.25, -0.2) is 8.78 Å². The first kappa shape index (κ1) is 16.4. The fourth-order valence-corrected chi connectivity index (χ4v) is 2.56. The van der Waals surface area contributed by atoms with E-state index in [9.17, 15) is 18.4 Å². The summed E-state index contributed by atoms with van der Waals surface area (Å²) in [5.74, 6) is -1.77. The molecule has 1 aliphatic rings. The summed E-state index contributed by atoms with van der Waals surface area (Å²) in [6.45, 7) is 5.83. The van der Waals surface area contributed by atoms with Crippen molar-refractivity contribution in [2.45, 2.75) is 19.9 Å². The van der Waals surface area contributed by atoms with Crippen LogP contribution >= 0.6 is 0 Å². The van der Waals surface area contributed by atoms with Gasteiger partial charge in [0.2, 0.25) is 5.91 Å². The summed E-state index contributed by atoms with van der Waals surface area (Å²) in [5.41, 5.74) is -0.0278. The molecule has 0 radical (unpaired) electrons. The molecule has 1 aromatic rings. The zero-order chi connectivity index (χ0) is 16.3. The molecule has 22 heavy (non-hydrogen) atoms. The number of nitrogens with zero attached hydrogens (tertiary/aromatic N) is 1. The summed E-state index contributed by atoms with van der Waals surface area (Å²) in [5, 5.41) is 2.49. The van der Waals surface area contributed by atoms with Crippen molar-refractivity contribution >= 4 is 17.5 Å². The van der Waals surface area contributed by atoms with E-state index >= 15 is 0 Å². The molecule has 2 N–H and O–H groups in total. The molecular formula is C15H20F2N3O2+. The number of carbonyl (C=O) groups excluding carboxylic acids is 2. The molecule has 1 atom stereocenters. The minimum atomic E-state index is -0.794. The number of halogens is 2. The molecule has 1 aromatic carbocycles. The first-order valence-electron chi connectivity index (χ1n) is 7.24. The number of rotatable bonds is 3. The van der Waals surface area contributed by atoms with Crippen molar-refractivity contribution < 1.29 is 23.3 Å². The van der Waals surface area contributed by atoms with Gasteiger partial charge in [0.1, 0.15) is 11.6 Å². The Morgan fingerprint density at radius 1 is 1.27 bits per heavy atom. The number of quaternary nitrogens is 1. The fourth-order valence-electron chi connectivity index (χ4n) is 2.56. The van der Waals surface area contributed by atoms with E-state index in [1.807, 2.05) is 0 Å². The van der Waals surface area contributed by atoms with Gasteiger partial charge in [-0.2, -0.15) is 0 Å². The lowest BCUT2D eigenvalue weighted by molar-refractivity contribution is -0.917.